The van der Waals surface area contributed by atoms with Crippen molar-refractivity contribution in [2.75, 3.05) is 29.7 Å². The lowest BCUT2D eigenvalue weighted by molar-refractivity contribution is -0.389. The average molecular weight is 413 g/mol. The number of amides is 1. The smallest absolute Gasteiger partial charge is 0.369 e. The first kappa shape index (κ1) is 20.7. The van der Waals surface area contributed by atoms with Gasteiger partial charge in [0.1, 0.15) is 12.7 Å². The lowest BCUT2D eigenvalue weighted by Gasteiger charge is -2.22. The molecule has 0 spiro atoms. The number of hydrogen-bond acceptors (Lipinski definition) is 6. The Morgan fingerprint density at radius 1 is 1.30 bits per heavy atom. The fourth-order valence-corrected chi connectivity index (χ4v) is 2.66. The van der Waals surface area contributed by atoms with Crippen LogP contribution in [0.1, 0.15) is 5.56 Å². The van der Waals surface area contributed by atoms with Crippen LogP contribution in [-0.4, -0.2) is 51.4 Å². The number of alkyl halides is 2. The number of nitrogens with zero attached hydrogens (tertiary/aromatic N) is 5. The van der Waals surface area contributed by atoms with E-state index in [2.05, 4.69) is 20.4 Å². The Morgan fingerprint density at radius 2 is 1.96 bits per heavy atom. The molecule has 0 bridgehead atoms. The zero-order valence-corrected chi connectivity index (χ0v) is 15.8. The largest absolute Gasteiger partial charge is 0.381 e. The third-order valence-corrected chi connectivity index (χ3v) is 3.84. The normalized spacial score (nSPS) is 10.9. The van der Waals surface area contributed by atoms with Crippen LogP contribution in [0.4, 0.5) is 11.5 Å². The van der Waals surface area contributed by atoms with Crippen LogP contribution in [0.3, 0.4) is 0 Å². The maximum Gasteiger partial charge on any atom is 0.381 e. The molecule has 1 aromatic carbocycles. The van der Waals surface area contributed by atoms with Gasteiger partial charge in [-0.3, -0.25) is 4.79 Å². The Balaban J connectivity index is 1.87. The van der Waals surface area contributed by atoms with Gasteiger partial charge in [-0.05, 0) is 27.6 Å². The van der Waals surface area contributed by atoms with Crippen molar-refractivity contribution < 1.29 is 9.72 Å². The van der Waals surface area contributed by atoms with Crippen LogP contribution in [0.2, 0.25) is 0 Å². The molecule has 144 valence electrons. The number of benzene rings is 1. The van der Waals surface area contributed by atoms with Crippen molar-refractivity contribution in [1.29, 1.82) is 0 Å². The van der Waals surface area contributed by atoms with Crippen molar-refractivity contribution in [3.05, 3.63) is 52.5 Å². The molecule has 0 saturated carbocycles. The predicted molar refractivity (Wildman–Crippen MR) is 105 cm³/mol. The number of nitrogens with one attached hydrogen (secondary N) is 1. The highest BCUT2D eigenvalue weighted by Crippen LogP contribution is 2.15. The number of imidazole rings is 1. The summed E-state index contributed by atoms with van der Waals surface area (Å²) in [6.07, 6.45) is 3.90. The third-order valence-electron chi connectivity index (χ3n) is 3.50. The van der Waals surface area contributed by atoms with E-state index >= 15 is 0 Å². The van der Waals surface area contributed by atoms with Gasteiger partial charge in [0.2, 0.25) is 6.33 Å². The number of hydrogen-bond donors (Lipinski definition) is 1. The second-order valence-electron chi connectivity index (χ2n) is 5.41. The molecule has 0 fully saturated rings. The second kappa shape index (κ2) is 10.5. The minimum absolute atomic E-state index is 0.122. The molecule has 2 rings (SSSR count). The summed E-state index contributed by atoms with van der Waals surface area (Å²) in [6.45, 7) is 1.28. The van der Waals surface area contributed by atoms with E-state index in [1.54, 1.807) is 0 Å². The zero-order valence-electron chi connectivity index (χ0n) is 14.3. The van der Waals surface area contributed by atoms with Crippen molar-refractivity contribution >= 4 is 46.8 Å². The van der Waals surface area contributed by atoms with E-state index in [0.717, 1.165) is 11.3 Å². The van der Waals surface area contributed by atoms with E-state index in [4.69, 9.17) is 23.2 Å². The van der Waals surface area contributed by atoms with Crippen molar-refractivity contribution in [2.45, 2.75) is 6.54 Å². The quantitative estimate of drug-likeness (QED) is 0.278. The fraction of sp³-hybridized carbons (Fsp3) is 0.312. The molecule has 1 N–H and O–H groups in total. The molecule has 0 radical (unpaired) electrons. The molecule has 0 aliphatic heterocycles. The van der Waals surface area contributed by atoms with Crippen LogP contribution in [-0.2, 0) is 11.3 Å². The first-order valence-corrected chi connectivity index (χ1v) is 9.05. The van der Waals surface area contributed by atoms with Crippen molar-refractivity contribution in [3.63, 3.8) is 0 Å². The standard InChI is InChI=1S/C16H18Cl2N6O3/c17-5-7-23(8-6-18)14-3-1-13(2-4-14)9-20-21-16(25)11-22-10-15(19-12-22)24(26)27/h1-4,9-10,12H,5-8,11H2,(H,21,25)/b20-9-. The molecule has 9 nitrogen and oxygen atoms in total. The average Bonchev–Trinajstić information content (AvgIpc) is 3.11. The summed E-state index contributed by atoms with van der Waals surface area (Å²) in [6, 6.07) is 7.57. The highest BCUT2D eigenvalue weighted by molar-refractivity contribution is 6.18. The lowest BCUT2D eigenvalue weighted by Crippen LogP contribution is -2.27. The molecular weight excluding hydrogens is 395 g/mol. The van der Waals surface area contributed by atoms with Gasteiger partial charge in [-0.2, -0.15) is 5.10 Å². The van der Waals surface area contributed by atoms with Crippen LogP contribution < -0.4 is 10.3 Å². The summed E-state index contributed by atoms with van der Waals surface area (Å²) in [5.74, 6) is 0.271. The van der Waals surface area contributed by atoms with E-state index in [1.165, 1.54) is 23.3 Å². The van der Waals surface area contributed by atoms with Crippen molar-refractivity contribution in [3.8, 4) is 0 Å². The molecule has 1 amide bonds. The molecule has 0 saturated heterocycles. The number of nitro groups is 1. The Hall–Kier alpha value is -2.65. The highest BCUT2D eigenvalue weighted by Gasteiger charge is 2.11. The summed E-state index contributed by atoms with van der Waals surface area (Å²) < 4.78 is 1.31. The van der Waals surface area contributed by atoms with Crippen molar-refractivity contribution in [1.82, 2.24) is 15.0 Å². The number of hydrazone groups is 1. The summed E-state index contributed by atoms with van der Waals surface area (Å²) in [4.78, 5) is 27.4. The molecule has 0 aliphatic rings. The number of aromatic nitrogens is 2. The van der Waals surface area contributed by atoms with Gasteiger partial charge in [0.25, 0.3) is 5.91 Å². The second-order valence-corrected chi connectivity index (χ2v) is 6.17. The fourth-order valence-electron chi connectivity index (χ4n) is 2.25. The van der Waals surface area contributed by atoms with E-state index in [-0.39, 0.29) is 12.4 Å². The highest BCUT2D eigenvalue weighted by atomic mass is 35.5. The molecule has 2 aromatic rings. The van der Waals surface area contributed by atoms with Gasteiger partial charge < -0.3 is 19.6 Å². The molecule has 0 aliphatic carbocycles. The van der Waals surface area contributed by atoms with E-state index < -0.39 is 10.8 Å². The van der Waals surface area contributed by atoms with Crippen LogP contribution in [0.5, 0.6) is 0 Å². The van der Waals surface area contributed by atoms with Crippen LogP contribution >= 0.6 is 23.2 Å². The van der Waals surface area contributed by atoms with Gasteiger partial charge in [-0.1, -0.05) is 12.1 Å². The van der Waals surface area contributed by atoms with Crippen LogP contribution in [0.15, 0.2) is 41.9 Å². The summed E-state index contributed by atoms with van der Waals surface area (Å²) in [5, 5.41) is 14.4. The first-order valence-electron chi connectivity index (χ1n) is 7.98. The number of anilines is 1. The number of halogens is 2. The number of carbonyl (C=O) groups is 1. The Bertz CT molecular complexity index is 788. The van der Waals surface area contributed by atoms with Gasteiger partial charge in [-0.25, -0.2) is 5.43 Å². The van der Waals surface area contributed by atoms with Crippen molar-refractivity contribution in [2.24, 2.45) is 5.10 Å². The maximum atomic E-state index is 11.8. The van der Waals surface area contributed by atoms with Crippen LogP contribution in [0, 0.1) is 10.1 Å². The Morgan fingerprint density at radius 3 is 2.52 bits per heavy atom. The monoisotopic (exact) mass is 412 g/mol. The SMILES string of the molecule is O=C(Cn1cnc([N+](=O)[O-])c1)N/N=C\c1ccc(N(CCCl)CCCl)cc1. The topological polar surface area (TPSA) is 106 Å². The van der Waals surface area contributed by atoms with Gasteiger partial charge >= 0.3 is 5.82 Å². The van der Waals surface area contributed by atoms with Gasteiger partial charge in [0.05, 0.1) is 6.21 Å². The molecule has 0 atom stereocenters. The molecule has 1 heterocycles. The molecular formula is C16H18Cl2N6O3. The van der Waals surface area contributed by atoms with Gasteiger partial charge in [-0.15, -0.1) is 23.2 Å². The summed E-state index contributed by atoms with van der Waals surface area (Å²) >= 11 is 11.6. The molecule has 27 heavy (non-hydrogen) atoms. The van der Waals surface area contributed by atoms with E-state index in [9.17, 15) is 14.9 Å². The Labute approximate surface area is 165 Å². The van der Waals surface area contributed by atoms with Crippen LogP contribution in [0.25, 0.3) is 0 Å². The number of rotatable bonds is 10. The zero-order chi connectivity index (χ0) is 19.6. The minimum atomic E-state index is -0.627. The Kier molecular flexibility index (Phi) is 8.02. The molecule has 11 heteroatoms. The van der Waals surface area contributed by atoms with Gasteiger partial charge in [0.15, 0.2) is 0 Å². The maximum absolute atomic E-state index is 11.8. The number of carbonyl (C=O) groups excluding carboxylic acids is 1. The summed E-state index contributed by atoms with van der Waals surface area (Å²) in [7, 11) is 0. The third kappa shape index (κ3) is 6.54. The molecule has 0 unspecified atom stereocenters. The van der Waals surface area contributed by atoms with E-state index in [1.807, 2.05) is 24.3 Å². The first-order chi connectivity index (χ1) is 13.0. The minimum Gasteiger partial charge on any atom is -0.369 e. The summed E-state index contributed by atoms with van der Waals surface area (Å²) in [5.41, 5.74) is 4.16. The van der Waals surface area contributed by atoms with Gasteiger partial charge in [0, 0.05) is 30.5 Å². The lowest BCUT2D eigenvalue weighted by atomic mass is 10.2. The molecule has 1 aromatic heterocycles. The predicted octanol–water partition coefficient (Wildman–Crippen LogP) is 2.23. The van der Waals surface area contributed by atoms with E-state index in [0.29, 0.717) is 24.8 Å².